The van der Waals surface area contributed by atoms with Crippen molar-refractivity contribution in [1.29, 1.82) is 0 Å². The first kappa shape index (κ1) is 30.3. The van der Waals surface area contributed by atoms with Crippen LogP contribution in [0.1, 0.15) is 108 Å². The Labute approximate surface area is 244 Å². The van der Waals surface area contributed by atoms with Crippen LogP contribution < -0.4 is 10.7 Å². The highest BCUT2D eigenvalue weighted by atomic mass is 16.5. The number of hydrogen-bond acceptors (Lipinski definition) is 3. The lowest BCUT2D eigenvalue weighted by Crippen LogP contribution is -2.14. The van der Waals surface area contributed by atoms with Crippen LogP contribution in [-0.2, 0) is 22.4 Å². The Bertz CT molecular complexity index is 1650. The Kier molecular flexibility index (Phi) is 9.21. The fraction of sp³-hybridized carbons (Fsp3) is 0.457. The van der Waals surface area contributed by atoms with Gasteiger partial charge in [-0.1, -0.05) is 34.6 Å². The number of carbonyl (C=O) groups is 1. The molecule has 0 saturated heterocycles. The zero-order valence-electron chi connectivity index (χ0n) is 26.6. The molecule has 0 aromatic carbocycles. The first-order valence-electron chi connectivity index (χ1n) is 15.2. The van der Waals surface area contributed by atoms with Crippen LogP contribution in [0.2, 0.25) is 0 Å². The number of hydrogen-bond donors (Lipinski definition) is 2. The van der Waals surface area contributed by atoms with Crippen LogP contribution in [0.4, 0.5) is 0 Å². The lowest BCUT2D eigenvalue weighted by atomic mass is 10.0. The maximum Gasteiger partial charge on any atom is 0.273 e. The van der Waals surface area contributed by atoms with Gasteiger partial charge in [0, 0.05) is 33.2 Å². The van der Waals surface area contributed by atoms with Gasteiger partial charge in [-0.3, -0.25) is 4.79 Å². The van der Waals surface area contributed by atoms with E-state index in [9.17, 15) is 4.79 Å². The Morgan fingerprint density at radius 3 is 2.02 bits per heavy atom. The Balaban J connectivity index is 1.81. The summed E-state index contributed by atoms with van der Waals surface area (Å²) in [5.41, 5.74) is 13.1. The number of aromatic nitrogens is 2. The molecular weight excluding hydrogens is 508 g/mol. The van der Waals surface area contributed by atoms with E-state index in [0.29, 0.717) is 0 Å². The van der Waals surface area contributed by atoms with E-state index < -0.39 is 0 Å². The monoisotopic (exact) mass is 554 g/mol. The van der Waals surface area contributed by atoms with Crippen LogP contribution in [0.15, 0.2) is 38.0 Å². The van der Waals surface area contributed by atoms with Gasteiger partial charge in [0.05, 0.1) is 17.5 Å². The molecule has 2 aliphatic heterocycles. The summed E-state index contributed by atoms with van der Waals surface area (Å²) in [4.78, 5) is 28.9. The molecule has 0 fully saturated rings. The van der Waals surface area contributed by atoms with E-state index in [4.69, 9.17) is 9.73 Å². The third-order valence-electron chi connectivity index (χ3n) is 8.66. The van der Waals surface area contributed by atoms with Gasteiger partial charge in [-0.15, -0.1) is 0 Å². The highest BCUT2D eigenvalue weighted by Crippen LogP contribution is 2.32. The van der Waals surface area contributed by atoms with Crippen molar-refractivity contribution in [3.63, 3.8) is 0 Å². The van der Waals surface area contributed by atoms with Gasteiger partial charge in [-0.2, -0.15) is 0 Å². The van der Waals surface area contributed by atoms with Gasteiger partial charge in [0.25, 0.3) is 5.91 Å². The van der Waals surface area contributed by atoms with Crippen molar-refractivity contribution in [2.24, 2.45) is 9.98 Å². The maximum atomic E-state index is 12.3. The predicted molar refractivity (Wildman–Crippen MR) is 172 cm³/mol. The molecule has 218 valence electrons. The Morgan fingerprint density at radius 2 is 1.41 bits per heavy atom. The van der Waals surface area contributed by atoms with Crippen molar-refractivity contribution < 1.29 is 9.53 Å². The molecule has 0 aliphatic carbocycles. The zero-order chi connectivity index (χ0) is 30.0. The molecule has 0 unspecified atom stereocenters. The summed E-state index contributed by atoms with van der Waals surface area (Å²) < 4.78 is 6.14. The van der Waals surface area contributed by atoms with Crippen molar-refractivity contribution in [3.05, 3.63) is 72.3 Å². The summed E-state index contributed by atoms with van der Waals surface area (Å²) in [6.07, 6.45) is 11.0. The normalized spacial score (nSPS) is 18.4. The molecule has 4 heterocycles. The molecular formula is C35H46N4O2. The largest absolute Gasteiger partial charge is 0.474 e. The first-order valence-corrected chi connectivity index (χ1v) is 15.2. The molecule has 0 saturated carbocycles. The molecule has 0 bridgehead atoms. The second-order valence-corrected chi connectivity index (χ2v) is 11.1. The van der Waals surface area contributed by atoms with Crippen molar-refractivity contribution in [2.75, 3.05) is 0 Å². The van der Waals surface area contributed by atoms with E-state index in [1.54, 1.807) is 0 Å². The average molecular weight is 555 g/mol. The fourth-order valence-corrected chi connectivity index (χ4v) is 5.91. The fourth-order valence-electron chi connectivity index (χ4n) is 5.91. The van der Waals surface area contributed by atoms with E-state index in [1.807, 2.05) is 13.0 Å². The number of amides is 1. The number of aromatic amines is 2. The number of aliphatic imine (C=N–C) groups is 2. The van der Waals surface area contributed by atoms with Gasteiger partial charge >= 0.3 is 0 Å². The second kappa shape index (κ2) is 12.5. The van der Waals surface area contributed by atoms with E-state index in [-0.39, 0.29) is 12.0 Å². The van der Waals surface area contributed by atoms with Crippen molar-refractivity contribution in [1.82, 2.24) is 9.97 Å². The zero-order valence-corrected chi connectivity index (χ0v) is 26.6. The Morgan fingerprint density at radius 1 is 0.732 bits per heavy atom. The number of nitrogens with zero attached hydrogens (tertiary/aromatic N) is 2. The van der Waals surface area contributed by atoms with Gasteiger partial charge < -0.3 is 14.7 Å². The van der Waals surface area contributed by atoms with Crippen LogP contribution >= 0.6 is 0 Å². The van der Waals surface area contributed by atoms with Crippen LogP contribution in [0.3, 0.4) is 0 Å². The van der Waals surface area contributed by atoms with Crippen LogP contribution in [-0.4, -0.2) is 33.6 Å². The molecule has 0 spiro atoms. The second-order valence-electron chi connectivity index (χ2n) is 11.1. The SMILES string of the molecule is CCC1=C(C)C(=O)N=C1/C=c1\[nH]/c(=C\c2[nH]c(/C=C3\N=C(O[C@@H](C)CC)C(C)=C3CC)c(C)c2CC)c(CC)c1C. The molecule has 4 rings (SSSR count). The number of nitrogens with one attached hydrogen (secondary N) is 2. The smallest absolute Gasteiger partial charge is 0.273 e. The molecule has 2 aliphatic rings. The Hall–Kier alpha value is -3.67. The molecule has 41 heavy (non-hydrogen) atoms. The summed E-state index contributed by atoms with van der Waals surface area (Å²) in [5, 5.41) is 2.09. The summed E-state index contributed by atoms with van der Waals surface area (Å²) in [5.74, 6) is 0.620. The number of H-pyrrole nitrogens is 2. The number of carbonyl (C=O) groups excluding carboxylic acids is 1. The van der Waals surface area contributed by atoms with Gasteiger partial charge in [0.15, 0.2) is 0 Å². The standard InChI is InChI=1S/C35H46N4O2/c1-11-19(6)41-35-23(10)27(15-5)33(39-35)17-29-21(8)25(13-3)31(37-29)18-30-24(12-2)20(7)28(36-30)16-32-26(14-4)22(9)34(40)38-32/h16-19,36-37H,11-15H2,1-10H3/b28-16-,30-18-,33-17-/t19-/m0/s1. The molecule has 1 atom stereocenters. The van der Waals surface area contributed by atoms with Gasteiger partial charge in [-0.05, 0) is 118 Å². The minimum Gasteiger partial charge on any atom is -0.474 e. The quantitative estimate of drug-likeness (QED) is 0.362. The summed E-state index contributed by atoms with van der Waals surface area (Å²) >= 11 is 0. The average Bonchev–Trinajstić information content (AvgIpc) is 3.61. The third-order valence-corrected chi connectivity index (χ3v) is 8.66. The van der Waals surface area contributed by atoms with Crippen LogP contribution in [0.5, 0.6) is 0 Å². The van der Waals surface area contributed by atoms with Gasteiger partial charge in [-0.25, -0.2) is 9.98 Å². The minimum atomic E-state index is -0.127. The maximum absolute atomic E-state index is 12.3. The van der Waals surface area contributed by atoms with E-state index >= 15 is 0 Å². The summed E-state index contributed by atoms with van der Waals surface area (Å²) in [6.45, 7) is 21.2. The molecule has 0 radical (unpaired) electrons. The lowest BCUT2D eigenvalue weighted by Gasteiger charge is -2.12. The summed E-state index contributed by atoms with van der Waals surface area (Å²) in [6, 6.07) is 0. The van der Waals surface area contributed by atoms with Crippen molar-refractivity contribution in [3.8, 4) is 0 Å². The van der Waals surface area contributed by atoms with Gasteiger partial charge in [0.1, 0.15) is 0 Å². The van der Waals surface area contributed by atoms with E-state index in [0.717, 1.165) is 88.2 Å². The van der Waals surface area contributed by atoms with Crippen LogP contribution in [0, 0.1) is 13.8 Å². The van der Waals surface area contributed by atoms with Crippen LogP contribution in [0.25, 0.3) is 18.2 Å². The number of rotatable bonds is 9. The van der Waals surface area contributed by atoms with Crippen molar-refractivity contribution >= 4 is 35.7 Å². The molecule has 1 amide bonds. The molecule has 2 N–H and O–H groups in total. The van der Waals surface area contributed by atoms with E-state index in [1.165, 1.54) is 27.8 Å². The molecule has 2 aromatic rings. The molecule has 2 aromatic heterocycles. The van der Waals surface area contributed by atoms with Gasteiger partial charge in [0.2, 0.25) is 5.90 Å². The predicted octanol–water partition coefficient (Wildman–Crippen LogP) is 6.70. The minimum absolute atomic E-state index is 0.127. The van der Waals surface area contributed by atoms with E-state index in [2.05, 4.69) is 89.4 Å². The first-order chi connectivity index (χ1) is 19.6. The topological polar surface area (TPSA) is 82.6 Å². The highest BCUT2D eigenvalue weighted by Gasteiger charge is 2.23. The van der Waals surface area contributed by atoms with Crippen molar-refractivity contribution in [2.45, 2.75) is 107 Å². The summed E-state index contributed by atoms with van der Waals surface area (Å²) in [7, 11) is 0. The molecule has 6 nitrogen and oxygen atoms in total. The number of allylic oxidation sites excluding steroid dienone is 2. The third kappa shape index (κ3) is 5.74. The molecule has 6 heteroatoms. The lowest BCUT2D eigenvalue weighted by molar-refractivity contribution is -0.114. The number of ether oxygens (including phenoxy) is 1. The highest BCUT2D eigenvalue weighted by molar-refractivity contribution is 6.30.